The highest BCUT2D eigenvalue weighted by Crippen LogP contribution is 2.22. The summed E-state index contributed by atoms with van der Waals surface area (Å²) in [5.74, 6) is 0.851. The molecule has 0 bridgehead atoms. The molecule has 3 heteroatoms. The van der Waals surface area contributed by atoms with E-state index in [1.807, 2.05) is 0 Å². The lowest BCUT2D eigenvalue weighted by molar-refractivity contribution is 0.0588. The fourth-order valence-electron chi connectivity index (χ4n) is 2.32. The van der Waals surface area contributed by atoms with Crippen LogP contribution in [0.25, 0.3) is 0 Å². The first kappa shape index (κ1) is 13.9. The Hall–Kier alpha value is -0.120. The maximum Gasteiger partial charge on any atom is 0.0543 e. The van der Waals surface area contributed by atoms with E-state index in [0.717, 1.165) is 25.6 Å². The molecule has 0 aliphatic carbocycles. The van der Waals surface area contributed by atoms with Crippen LogP contribution in [0.3, 0.4) is 0 Å². The molecule has 96 valence electrons. The van der Waals surface area contributed by atoms with Crippen LogP contribution in [0, 0.1) is 5.92 Å². The largest absolute Gasteiger partial charge is 0.382 e. The first-order chi connectivity index (χ1) is 7.76. The van der Waals surface area contributed by atoms with Gasteiger partial charge in [-0.05, 0) is 52.0 Å². The molecule has 2 atom stereocenters. The minimum atomic E-state index is 0.380. The Kier molecular flexibility index (Phi) is 7.01. The number of ether oxygens (including phenoxy) is 2. The zero-order valence-corrected chi connectivity index (χ0v) is 11.0. The summed E-state index contributed by atoms with van der Waals surface area (Å²) in [5.41, 5.74) is 0. The summed E-state index contributed by atoms with van der Waals surface area (Å²) in [5, 5.41) is 3.43. The molecular formula is C13H27NO2. The van der Waals surface area contributed by atoms with E-state index < -0.39 is 0 Å². The molecule has 0 amide bonds. The van der Waals surface area contributed by atoms with Crippen LogP contribution >= 0.6 is 0 Å². The first-order valence-corrected chi connectivity index (χ1v) is 6.54. The maximum atomic E-state index is 5.39. The Morgan fingerprint density at radius 3 is 2.56 bits per heavy atom. The van der Waals surface area contributed by atoms with Crippen LogP contribution in [0.15, 0.2) is 0 Å². The molecule has 1 aliphatic rings. The van der Waals surface area contributed by atoms with Crippen LogP contribution < -0.4 is 5.32 Å². The van der Waals surface area contributed by atoms with E-state index in [0.29, 0.717) is 12.1 Å². The summed E-state index contributed by atoms with van der Waals surface area (Å²) < 4.78 is 10.7. The van der Waals surface area contributed by atoms with Crippen molar-refractivity contribution in [1.29, 1.82) is 0 Å². The molecule has 1 saturated heterocycles. The minimum absolute atomic E-state index is 0.380. The van der Waals surface area contributed by atoms with E-state index in [4.69, 9.17) is 9.47 Å². The van der Waals surface area contributed by atoms with Gasteiger partial charge < -0.3 is 14.8 Å². The van der Waals surface area contributed by atoms with Crippen molar-refractivity contribution in [2.75, 3.05) is 27.4 Å². The van der Waals surface area contributed by atoms with Crippen molar-refractivity contribution >= 4 is 0 Å². The van der Waals surface area contributed by atoms with Crippen molar-refractivity contribution in [1.82, 2.24) is 5.32 Å². The van der Waals surface area contributed by atoms with Gasteiger partial charge in [0.15, 0.2) is 0 Å². The molecule has 1 aliphatic heterocycles. The van der Waals surface area contributed by atoms with Crippen LogP contribution in [0.2, 0.25) is 0 Å². The average molecular weight is 229 g/mol. The molecular weight excluding hydrogens is 202 g/mol. The summed E-state index contributed by atoms with van der Waals surface area (Å²) in [7, 11) is 3.86. The highest BCUT2D eigenvalue weighted by molar-refractivity contribution is 4.73. The maximum absolute atomic E-state index is 5.39. The highest BCUT2D eigenvalue weighted by Gasteiger charge is 2.18. The van der Waals surface area contributed by atoms with Crippen LogP contribution in [-0.4, -0.2) is 39.5 Å². The Morgan fingerprint density at radius 1 is 1.31 bits per heavy atom. The third-order valence-electron chi connectivity index (χ3n) is 3.69. The van der Waals surface area contributed by atoms with E-state index in [1.54, 1.807) is 7.11 Å². The van der Waals surface area contributed by atoms with Gasteiger partial charge in [-0.2, -0.15) is 0 Å². The normalized spacial score (nSPS) is 21.9. The molecule has 0 aromatic heterocycles. The van der Waals surface area contributed by atoms with Gasteiger partial charge >= 0.3 is 0 Å². The zero-order valence-electron chi connectivity index (χ0n) is 11.0. The third-order valence-corrected chi connectivity index (χ3v) is 3.69. The molecule has 0 aromatic rings. The Balaban J connectivity index is 2.19. The lowest BCUT2D eigenvalue weighted by Crippen LogP contribution is -2.31. The van der Waals surface area contributed by atoms with Gasteiger partial charge in [-0.25, -0.2) is 0 Å². The summed E-state index contributed by atoms with van der Waals surface area (Å²) in [6.07, 6.45) is 6.49. The minimum Gasteiger partial charge on any atom is -0.382 e. The summed E-state index contributed by atoms with van der Waals surface area (Å²) in [6.45, 7) is 4.05. The molecule has 2 unspecified atom stereocenters. The van der Waals surface area contributed by atoms with E-state index in [9.17, 15) is 0 Å². The zero-order chi connectivity index (χ0) is 11.8. The van der Waals surface area contributed by atoms with Crippen LogP contribution in [0.4, 0.5) is 0 Å². The number of hydrogen-bond donors (Lipinski definition) is 1. The first-order valence-electron chi connectivity index (χ1n) is 6.54. The molecule has 16 heavy (non-hydrogen) atoms. The molecule has 1 N–H and O–H groups in total. The Labute approximate surface area is 99.9 Å². The monoisotopic (exact) mass is 229 g/mol. The quantitative estimate of drug-likeness (QED) is 0.726. The lowest BCUT2D eigenvalue weighted by atomic mass is 9.90. The SMILES string of the molecule is CNC(CCC(C)OC)CC1CCOCC1. The summed E-state index contributed by atoms with van der Waals surface area (Å²) >= 11 is 0. The standard InChI is InChI=1S/C13H27NO2/c1-11(15-3)4-5-13(14-2)10-12-6-8-16-9-7-12/h11-14H,4-10H2,1-3H3. The van der Waals surface area contributed by atoms with Crippen molar-refractivity contribution in [3.05, 3.63) is 0 Å². The van der Waals surface area contributed by atoms with Gasteiger partial charge in [-0.3, -0.25) is 0 Å². The van der Waals surface area contributed by atoms with Gasteiger partial charge in [0.1, 0.15) is 0 Å². The second-order valence-corrected chi connectivity index (χ2v) is 4.90. The number of nitrogens with one attached hydrogen (secondary N) is 1. The van der Waals surface area contributed by atoms with Gasteiger partial charge in [0.05, 0.1) is 6.10 Å². The average Bonchev–Trinajstić information content (AvgIpc) is 2.35. The van der Waals surface area contributed by atoms with Crippen molar-refractivity contribution in [3.63, 3.8) is 0 Å². The highest BCUT2D eigenvalue weighted by atomic mass is 16.5. The van der Waals surface area contributed by atoms with Gasteiger partial charge in [0.2, 0.25) is 0 Å². The lowest BCUT2D eigenvalue weighted by Gasteiger charge is -2.27. The second-order valence-electron chi connectivity index (χ2n) is 4.90. The summed E-state index contributed by atoms with van der Waals surface area (Å²) in [4.78, 5) is 0. The van der Waals surface area contributed by atoms with E-state index in [2.05, 4.69) is 19.3 Å². The molecule has 0 radical (unpaired) electrons. The number of rotatable bonds is 7. The predicted octanol–water partition coefficient (Wildman–Crippen LogP) is 2.21. The van der Waals surface area contributed by atoms with Crippen molar-refractivity contribution in [3.8, 4) is 0 Å². The van der Waals surface area contributed by atoms with E-state index >= 15 is 0 Å². The summed E-state index contributed by atoms with van der Waals surface area (Å²) in [6, 6.07) is 0.640. The molecule has 1 rings (SSSR count). The fraction of sp³-hybridized carbons (Fsp3) is 1.00. The van der Waals surface area contributed by atoms with Gasteiger partial charge in [0.25, 0.3) is 0 Å². The molecule has 0 saturated carbocycles. The van der Waals surface area contributed by atoms with Crippen LogP contribution in [-0.2, 0) is 9.47 Å². The van der Waals surface area contributed by atoms with Crippen molar-refractivity contribution in [2.45, 2.75) is 51.2 Å². The van der Waals surface area contributed by atoms with Crippen molar-refractivity contribution < 1.29 is 9.47 Å². The number of methoxy groups -OCH3 is 1. The molecule has 3 nitrogen and oxygen atoms in total. The molecule has 0 aromatic carbocycles. The third kappa shape index (κ3) is 5.28. The van der Waals surface area contributed by atoms with Gasteiger partial charge in [-0.1, -0.05) is 0 Å². The predicted molar refractivity (Wildman–Crippen MR) is 66.7 cm³/mol. The van der Waals surface area contributed by atoms with Gasteiger partial charge in [0, 0.05) is 26.4 Å². The fourth-order valence-corrected chi connectivity index (χ4v) is 2.32. The molecule has 1 fully saturated rings. The van der Waals surface area contributed by atoms with Gasteiger partial charge in [-0.15, -0.1) is 0 Å². The molecule has 0 spiro atoms. The van der Waals surface area contributed by atoms with Crippen LogP contribution in [0.5, 0.6) is 0 Å². The topological polar surface area (TPSA) is 30.5 Å². The number of hydrogen-bond acceptors (Lipinski definition) is 3. The smallest absolute Gasteiger partial charge is 0.0543 e. The molecule has 1 heterocycles. The second kappa shape index (κ2) is 8.04. The van der Waals surface area contributed by atoms with Crippen LogP contribution in [0.1, 0.15) is 39.0 Å². The Morgan fingerprint density at radius 2 is 2.00 bits per heavy atom. The Bertz CT molecular complexity index is 169. The van der Waals surface area contributed by atoms with E-state index in [-0.39, 0.29) is 0 Å². The van der Waals surface area contributed by atoms with Crippen molar-refractivity contribution in [2.24, 2.45) is 5.92 Å². The van der Waals surface area contributed by atoms with E-state index in [1.165, 1.54) is 25.7 Å².